The molecular formula is C14H26ClN3O. The first-order valence-electron chi connectivity index (χ1n) is 6.94. The fourth-order valence-electron chi connectivity index (χ4n) is 2.24. The highest BCUT2D eigenvalue weighted by atomic mass is 35.5. The second-order valence-corrected chi connectivity index (χ2v) is 6.03. The summed E-state index contributed by atoms with van der Waals surface area (Å²) in [6, 6.07) is 0.293. The summed E-state index contributed by atoms with van der Waals surface area (Å²) in [5.74, 6) is 0.830. The average Bonchev–Trinajstić information content (AvgIpc) is 2.61. The van der Waals surface area contributed by atoms with Gasteiger partial charge in [-0.05, 0) is 18.3 Å². The molecule has 0 saturated heterocycles. The fraction of sp³-hybridized carbons (Fsp3) is 0.786. The number of nitrogens with one attached hydrogen (secondary N) is 1. The van der Waals surface area contributed by atoms with Crippen LogP contribution in [-0.4, -0.2) is 27.5 Å². The lowest BCUT2D eigenvalue weighted by atomic mass is 10.0. The van der Waals surface area contributed by atoms with Gasteiger partial charge in [-0.1, -0.05) is 39.3 Å². The van der Waals surface area contributed by atoms with Crippen LogP contribution >= 0.6 is 11.6 Å². The summed E-state index contributed by atoms with van der Waals surface area (Å²) >= 11 is 6.31. The molecule has 4 nitrogen and oxygen atoms in total. The van der Waals surface area contributed by atoms with Crippen molar-refractivity contribution in [2.75, 3.05) is 6.61 Å². The largest absolute Gasteiger partial charge is 0.396 e. The van der Waals surface area contributed by atoms with Crippen molar-refractivity contribution in [1.29, 1.82) is 0 Å². The van der Waals surface area contributed by atoms with Crippen LogP contribution in [0.4, 0.5) is 0 Å². The number of hydrogen-bond donors (Lipinski definition) is 2. The Kier molecular flexibility index (Phi) is 6.30. The number of aryl methyl sites for hydroxylation is 1. The lowest BCUT2D eigenvalue weighted by molar-refractivity contribution is 0.243. The molecule has 0 bridgehead atoms. The lowest BCUT2D eigenvalue weighted by Crippen LogP contribution is -2.34. The van der Waals surface area contributed by atoms with Crippen molar-refractivity contribution < 1.29 is 5.11 Å². The van der Waals surface area contributed by atoms with Crippen molar-refractivity contribution in [1.82, 2.24) is 15.1 Å². The zero-order valence-corrected chi connectivity index (χ0v) is 13.3. The van der Waals surface area contributed by atoms with Gasteiger partial charge in [-0.25, -0.2) is 0 Å². The molecule has 2 N–H and O–H groups in total. The molecule has 1 heterocycles. The zero-order valence-electron chi connectivity index (χ0n) is 12.6. The normalized spacial score (nSPS) is 13.5. The van der Waals surface area contributed by atoms with Crippen molar-refractivity contribution in [2.24, 2.45) is 13.0 Å². The number of aliphatic hydroxyl groups excluding tert-OH is 1. The van der Waals surface area contributed by atoms with Crippen molar-refractivity contribution >= 4 is 11.6 Å². The quantitative estimate of drug-likeness (QED) is 0.811. The van der Waals surface area contributed by atoms with Crippen LogP contribution in [0.3, 0.4) is 0 Å². The van der Waals surface area contributed by atoms with E-state index in [-0.39, 0.29) is 6.61 Å². The smallest absolute Gasteiger partial charge is 0.131 e. The summed E-state index contributed by atoms with van der Waals surface area (Å²) in [4.78, 5) is 0. The van der Waals surface area contributed by atoms with Gasteiger partial charge in [0.1, 0.15) is 5.15 Å². The molecule has 0 fully saturated rings. The van der Waals surface area contributed by atoms with E-state index in [1.165, 1.54) is 0 Å². The number of nitrogens with zero attached hydrogens (tertiary/aromatic N) is 2. The lowest BCUT2D eigenvalue weighted by Gasteiger charge is -2.22. The van der Waals surface area contributed by atoms with E-state index in [1.54, 1.807) is 4.68 Å². The Morgan fingerprint density at radius 1 is 1.32 bits per heavy atom. The van der Waals surface area contributed by atoms with E-state index in [0.29, 0.717) is 29.6 Å². The minimum Gasteiger partial charge on any atom is -0.396 e. The fourth-order valence-corrected chi connectivity index (χ4v) is 2.44. The van der Waals surface area contributed by atoms with Gasteiger partial charge >= 0.3 is 0 Å². The molecule has 0 spiro atoms. The minimum atomic E-state index is 0.202. The predicted octanol–water partition coefficient (Wildman–Crippen LogP) is 2.69. The van der Waals surface area contributed by atoms with E-state index < -0.39 is 0 Å². The molecule has 0 saturated carbocycles. The van der Waals surface area contributed by atoms with Crippen molar-refractivity contribution in [2.45, 2.75) is 52.6 Å². The summed E-state index contributed by atoms with van der Waals surface area (Å²) in [5, 5.41) is 17.8. The standard InChI is InChI=1S/C14H26ClN3O/c1-9(2)12(6-7-19)16-8-11-13(10(3)4)17-18(5)14(11)15/h9-10,12,16,19H,6-8H2,1-5H3. The van der Waals surface area contributed by atoms with Gasteiger partial charge in [0.05, 0.1) is 5.69 Å². The Bertz CT molecular complexity index is 402. The van der Waals surface area contributed by atoms with Gasteiger partial charge in [0.15, 0.2) is 0 Å². The van der Waals surface area contributed by atoms with Crippen molar-refractivity contribution in [3.63, 3.8) is 0 Å². The SMILES string of the molecule is CC(C)c1nn(C)c(Cl)c1CNC(CCO)C(C)C. The second-order valence-electron chi connectivity index (χ2n) is 5.68. The summed E-state index contributed by atoms with van der Waals surface area (Å²) in [7, 11) is 1.87. The first-order valence-corrected chi connectivity index (χ1v) is 7.31. The van der Waals surface area contributed by atoms with Gasteiger partial charge in [-0.3, -0.25) is 4.68 Å². The Morgan fingerprint density at radius 3 is 2.42 bits per heavy atom. The monoisotopic (exact) mass is 287 g/mol. The first kappa shape index (κ1) is 16.5. The highest BCUT2D eigenvalue weighted by Crippen LogP contribution is 2.25. The van der Waals surface area contributed by atoms with Gasteiger partial charge in [-0.2, -0.15) is 5.10 Å². The molecule has 1 unspecified atom stereocenters. The van der Waals surface area contributed by atoms with Crippen LogP contribution in [0.1, 0.15) is 51.3 Å². The zero-order chi connectivity index (χ0) is 14.6. The van der Waals surface area contributed by atoms with Crippen LogP contribution in [0.5, 0.6) is 0 Å². The second kappa shape index (κ2) is 7.27. The van der Waals surface area contributed by atoms with E-state index in [1.807, 2.05) is 7.05 Å². The maximum Gasteiger partial charge on any atom is 0.131 e. The third-order valence-corrected chi connectivity index (χ3v) is 3.91. The Morgan fingerprint density at radius 2 is 1.95 bits per heavy atom. The molecule has 0 aliphatic carbocycles. The molecule has 19 heavy (non-hydrogen) atoms. The summed E-state index contributed by atoms with van der Waals surface area (Å²) in [5.41, 5.74) is 2.12. The predicted molar refractivity (Wildman–Crippen MR) is 79.5 cm³/mol. The molecule has 1 aromatic rings. The third kappa shape index (κ3) is 4.20. The van der Waals surface area contributed by atoms with Gasteiger partial charge in [0, 0.05) is 31.8 Å². The van der Waals surface area contributed by atoms with Crippen LogP contribution in [0.2, 0.25) is 5.15 Å². The van der Waals surface area contributed by atoms with Crippen LogP contribution in [0, 0.1) is 5.92 Å². The van der Waals surface area contributed by atoms with E-state index in [9.17, 15) is 0 Å². The van der Waals surface area contributed by atoms with Crippen LogP contribution in [-0.2, 0) is 13.6 Å². The molecule has 0 amide bonds. The molecule has 1 atom stereocenters. The summed E-state index contributed by atoms with van der Waals surface area (Å²) < 4.78 is 1.73. The average molecular weight is 288 g/mol. The topological polar surface area (TPSA) is 50.1 Å². The number of hydrogen-bond acceptors (Lipinski definition) is 3. The number of halogens is 1. The molecule has 1 aromatic heterocycles. The van der Waals surface area contributed by atoms with Crippen LogP contribution in [0.25, 0.3) is 0 Å². The molecular weight excluding hydrogens is 262 g/mol. The molecule has 0 aliphatic heterocycles. The highest BCUT2D eigenvalue weighted by molar-refractivity contribution is 6.30. The molecule has 0 radical (unpaired) electrons. The molecule has 0 aliphatic rings. The maximum absolute atomic E-state index is 9.10. The molecule has 110 valence electrons. The number of rotatable bonds is 7. The van der Waals surface area contributed by atoms with Crippen LogP contribution in [0.15, 0.2) is 0 Å². The van der Waals surface area contributed by atoms with Gasteiger partial charge in [0.25, 0.3) is 0 Å². The van der Waals surface area contributed by atoms with Gasteiger partial charge in [-0.15, -0.1) is 0 Å². The number of aliphatic hydroxyl groups is 1. The Hall–Kier alpha value is -0.580. The summed E-state index contributed by atoms with van der Waals surface area (Å²) in [6.45, 7) is 9.45. The third-order valence-electron chi connectivity index (χ3n) is 3.43. The minimum absolute atomic E-state index is 0.202. The van der Waals surface area contributed by atoms with Gasteiger partial charge in [0.2, 0.25) is 0 Å². The Labute approximate surface area is 121 Å². The van der Waals surface area contributed by atoms with Crippen molar-refractivity contribution in [3.05, 3.63) is 16.4 Å². The maximum atomic E-state index is 9.10. The molecule has 0 aromatic carbocycles. The molecule has 1 rings (SSSR count). The van der Waals surface area contributed by atoms with Gasteiger partial charge < -0.3 is 10.4 Å². The van der Waals surface area contributed by atoms with E-state index >= 15 is 0 Å². The first-order chi connectivity index (χ1) is 8.88. The Balaban J connectivity index is 2.81. The highest BCUT2D eigenvalue weighted by Gasteiger charge is 2.19. The number of aromatic nitrogens is 2. The van der Waals surface area contributed by atoms with E-state index in [2.05, 4.69) is 38.1 Å². The van der Waals surface area contributed by atoms with E-state index in [4.69, 9.17) is 16.7 Å². The summed E-state index contributed by atoms with van der Waals surface area (Å²) in [6.07, 6.45) is 0.757. The molecule has 5 heteroatoms. The van der Waals surface area contributed by atoms with E-state index in [0.717, 1.165) is 17.7 Å². The van der Waals surface area contributed by atoms with Crippen molar-refractivity contribution in [3.8, 4) is 0 Å². The van der Waals surface area contributed by atoms with Crippen LogP contribution < -0.4 is 5.32 Å².